The molecule has 1 aliphatic rings. The van der Waals surface area contributed by atoms with Crippen LogP contribution in [0.4, 0.5) is 11.4 Å². The van der Waals surface area contributed by atoms with E-state index in [9.17, 15) is 23.6 Å². The predicted octanol–water partition coefficient (Wildman–Crippen LogP) is 2.53. The Kier molecular flexibility index (Phi) is 5.38. The predicted molar refractivity (Wildman–Crippen MR) is 100 cm³/mol. The number of hydrogen-bond donors (Lipinski definition) is 2. The van der Waals surface area contributed by atoms with E-state index in [1.807, 2.05) is 0 Å². The van der Waals surface area contributed by atoms with Gasteiger partial charge in [0.25, 0.3) is 5.69 Å². The highest BCUT2D eigenvalue weighted by atomic mass is 32.2. The average Bonchev–Trinajstić information content (AvgIpc) is 3.19. The molecule has 0 radical (unpaired) electrons. The van der Waals surface area contributed by atoms with Crippen LogP contribution in [-0.2, 0) is 10.0 Å². The highest BCUT2D eigenvalue weighted by molar-refractivity contribution is 7.89. The number of nitrogens with zero attached hydrogens (tertiary/aromatic N) is 3. The van der Waals surface area contributed by atoms with Gasteiger partial charge in [-0.25, -0.2) is 8.42 Å². The van der Waals surface area contributed by atoms with Crippen LogP contribution >= 0.6 is 0 Å². The molecule has 10 heteroatoms. The van der Waals surface area contributed by atoms with Crippen molar-refractivity contribution in [3.05, 3.63) is 58.1 Å². The van der Waals surface area contributed by atoms with Crippen LogP contribution in [0.25, 0.3) is 0 Å². The summed E-state index contributed by atoms with van der Waals surface area (Å²) in [6.45, 7) is 0.835. The molecule has 2 aromatic rings. The van der Waals surface area contributed by atoms with E-state index in [2.05, 4.69) is 10.5 Å². The first-order valence-corrected chi connectivity index (χ1v) is 9.69. The number of hydrogen-bond acceptors (Lipinski definition) is 7. The molecule has 142 valence electrons. The monoisotopic (exact) mass is 390 g/mol. The molecule has 0 bridgehead atoms. The molecule has 3 rings (SSSR count). The standard InChI is InChI=1S/C17H18N4O5S/c22-17-6-2-1-5-13(17)12-18-19-15-8-7-14(11-16(15)21(23)24)27(25,26)20-9-3-4-10-20/h1-2,5-8,11-12,19,22H,3-4,9-10H2/b18-12+. The number of nitrogens with one attached hydrogen (secondary N) is 1. The quantitative estimate of drug-likeness (QED) is 0.443. The zero-order valence-corrected chi connectivity index (χ0v) is 15.1. The first-order chi connectivity index (χ1) is 12.9. The van der Waals surface area contributed by atoms with Crippen molar-refractivity contribution in [3.63, 3.8) is 0 Å². The number of rotatable bonds is 6. The van der Waals surface area contributed by atoms with Gasteiger partial charge in [-0.3, -0.25) is 15.5 Å². The van der Waals surface area contributed by atoms with Crippen LogP contribution in [0, 0.1) is 10.1 Å². The van der Waals surface area contributed by atoms with Crippen molar-refractivity contribution in [3.8, 4) is 5.75 Å². The summed E-state index contributed by atoms with van der Waals surface area (Å²) < 4.78 is 26.5. The molecule has 1 saturated heterocycles. The minimum absolute atomic E-state index is 0.0182. The second-order valence-corrected chi connectivity index (χ2v) is 7.91. The van der Waals surface area contributed by atoms with Crippen LogP contribution in [-0.4, -0.2) is 42.1 Å². The van der Waals surface area contributed by atoms with Gasteiger partial charge in [0, 0.05) is 24.7 Å². The van der Waals surface area contributed by atoms with Crippen molar-refractivity contribution in [1.29, 1.82) is 0 Å². The summed E-state index contributed by atoms with van der Waals surface area (Å²) in [6.07, 6.45) is 2.87. The minimum atomic E-state index is -3.75. The molecular formula is C17H18N4O5S. The van der Waals surface area contributed by atoms with Crippen molar-refractivity contribution >= 4 is 27.6 Å². The number of sulfonamides is 1. The number of para-hydroxylation sites is 1. The number of phenolic OH excluding ortho intramolecular Hbond substituents is 1. The lowest BCUT2D eigenvalue weighted by Crippen LogP contribution is -2.27. The Morgan fingerprint density at radius 2 is 1.89 bits per heavy atom. The fourth-order valence-electron chi connectivity index (χ4n) is 2.76. The third-order valence-corrected chi connectivity index (χ3v) is 6.09. The molecule has 2 aromatic carbocycles. The highest BCUT2D eigenvalue weighted by Crippen LogP contribution is 2.30. The molecule has 1 fully saturated rings. The summed E-state index contributed by atoms with van der Waals surface area (Å²) in [4.78, 5) is 10.6. The third-order valence-electron chi connectivity index (χ3n) is 4.19. The van der Waals surface area contributed by atoms with Crippen LogP contribution < -0.4 is 5.43 Å². The van der Waals surface area contributed by atoms with Crippen LogP contribution in [0.3, 0.4) is 0 Å². The molecule has 0 aromatic heterocycles. The van der Waals surface area contributed by atoms with Gasteiger partial charge in [-0.2, -0.15) is 9.41 Å². The van der Waals surface area contributed by atoms with Gasteiger partial charge in [0.05, 0.1) is 16.0 Å². The van der Waals surface area contributed by atoms with Crippen LogP contribution in [0.15, 0.2) is 52.5 Å². The molecule has 2 N–H and O–H groups in total. The van der Waals surface area contributed by atoms with Gasteiger partial charge in [-0.15, -0.1) is 0 Å². The van der Waals surface area contributed by atoms with Crippen molar-refractivity contribution in [1.82, 2.24) is 4.31 Å². The molecule has 1 heterocycles. The SMILES string of the molecule is O=[N+]([O-])c1cc(S(=O)(=O)N2CCCC2)ccc1N/N=C/c1ccccc1O. The molecule has 1 aliphatic heterocycles. The molecule has 0 unspecified atom stereocenters. The maximum atomic E-state index is 12.6. The van der Waals surface area contributed by atoms with Gasteiger partial charge >= 0.3 is 0 Å². The number of phenols is 1. The van der Waals surface area contributed by atoms with E-state index in [1.165, 1.54) is 28.7 Å². The van der Waals surface area contributed by atoms with E-state index in [0.29, 0.717) is 18.7 Å². The first-order valence-electron chi connectivity index (χ1n) is 8.25. The summed E-state index contributed by atoms with van der Waals surface area (Å²) in [6, 6.07) is 10.1. The maximum absolute atomic E-state index is 12.6. The van der Waals surface area contributed by atoms with E-state index >= 15 is 0 Å². The number of nitro benzene ring substituents is 1. The van der Waals surface area contributed by atoms with Gasteiger partial charge in [0.15, 0.2) is 0 Å². The molecule has 0 spiro atoms. The zero-order valence-electron chi connectivity index (χ0n) is 14.3. The lowest BCUT2D eigenvalue weighted by atomic mass is 10.2. The number of hydrazone groups is 1. The molecule has 0 saturated carbocycles. The van der Waals surface area contributed by atoms with Gasteiger partial charge in [0.1, 0.15) is 11.4 Å². The Labute approximate surface area is 156 Å². The summed E-state index contributed by atoms with van der Waals surface area (Å²) in [5.74, 6) is 0.0182. The molecule has 0 atom stereocenters. The fraction of sp³-hybridized carbons (Fsp3) is 0.235. The van der Waals surface area contributed by atoms with Gasteiger partial charge < -0.3 is 5.11 Å². The van der Waals surface area contributed by atoms with E-state index < -0.39 is 20.6 Å². The molecule has 27 heavy (non-hydrogen) atoms. The minimum Gasteiger partial charge on any atom is -0.507 e. The smallest absolute Gasteiger partial charge is 0.295 e. The van der Waals surface area contributed by atoms with Gasteiger partial charge in [-0.05, 0) is 37.1 Å². The Morgan fingerprint density at radius 3 is 2.56 bits per heavy atom. The Balaban J connectivity index is 1.86. The van der Waals surface area contributed by atoms with E-state index in [4.69, 9.17) is 0 Å². The average molecular weight is 390 g/mol. The van der Waals surface area contributed by atoms with E-state index in [1.54, 1.807) is 18.2 Å². The Bertz CT molecular complexity index is 985. The topological polar surface area (TPSA) is 125 Å². The van der Waals surface area contributed by atoms with Crippen molar-refractivity contribution < 1.29 is 18.4 Å². The van der Waals surface area contributed by atoms with Crippen LogP contribution in [0.2, 0.25) is 0 Å². The maximum Gasteiger partial charge on any atom is 0.295 e. The fourth-order valence-corrected chi connectivity index (χ4v) is 4.30. The highest BCUT2D eigenvalue weighted by Gasteiger charge is 2.29. The van der Waals surface area contributed by atoms with Gasteiger partial charge in [-0.1, -0.05) is 12.1 Å². The Morgan fingerprint density at radius 1 is 1.19 bits per heavy atom. The zero-order chi connectivity index (χ0) is 19.4. The van der Waals surface area contributed by atoms with E-state index in [-0.39, 0.29) is 16.3 Å². The molecule has 0 amide bonds. The largest absolute Gasteiger partial charge is 0.507 e. The number of benzene rings is 2. The van der Waals surface area contributed by atoms with Gasteiger partial charge in [0.2, 0.25) is 10.0 Å². The summed E-state index contributed by atoms with van der Waals surface area (Å²) in [7, 11) is -3.75. The number of nitro groups is 1. The normalized spacial score (nSPS) is 15.3. The molecule has 0 aliphatic carbocycles. The van der Waals surface area contributed by atoms with E-state index in [0.717, 1.165) is 18.9 Å². The molecular weight excluding hydrogens is 372 g/mol. The summed E-state index contributed by atoms with van der Waals surface area (Å²) >= 11 is 0. The van der Waals surface area contributed by atoms with Crippen LogP contribution in [0.1, 0.15) is 18.4 Å². The van der Waals surface area contributed by atoms with Crippen molar-refractivity contribution in [2.45, 2.75) is 17.7 Å². The van der Waals surface area contributed by atoms with Crippen molar-refractivity contribution in [2.24, 2.45) is 5.10 Å². The molecule has 9 nitrogen and oxygen atoms in total. The number of anilines is 1. The summed E-state index contributed by atoms with van der Waals surface area (Å²) in [5, 5.41) is 24.9. The second kappa shape index (κ2) is 7.72. The Hall–Kier alpha value is -2.98. The lowest BCUT2D eigenvalue weighted by molar-refractivity contribution is -0.384. The first kappa shape index (κ1) is 18.8. The third kappa shape index (κ3) is 4.07. The summed E-state index contributed by atoms with van der Waals surface area (Å²) in [5.41, 5.74) is 2.61. The lowest BCUT2D eigenvalue weighted by Gasteiger charge is -2.15. The van der Waals surface area contributed by atoms with Crippen LogP contribution in [0.5, 0.6) is 5.75 Å². The number of aromatic hydroxyl groups is 1. The second-order valence-electron chi connectivity index (χ2n) is 5.98. The van der Waals surface area contributed by atoms with Crippen molar-refractivity contribution in [2.75, 3.05) is 18.5 Å².